The number of benzene rings is 1. The molecular weight excluding hydrogens is 276 g/mol. The number of carbonyl (C=O) groups is 1. The van der Waals surface area contributed by atoms with Crippen LogP contribution in [0.3, 0.4) is 0 Å². The molecule has 0 bridgehead atoms. The molecule has 106 valence electrons. The quantitative estimate of drug-likeness (QED) is 0.908. The van der Waals surface area contributed by atoms with Crippen molar-refractivity contribution in [1.29, 1.82) is 0 Å². The van der Waals surface area contributed by atoms with Crippen LogP contribution < -0.4 is 5.32 Å². The van der Waals surface area contributed by atoms with E-state index in [-0.39, 0.29) is 6.61 Å². The number of nitrogens with zero attached hydrogens (tertiary/aromatic N) is 1. The van der Waals surface area contributed by atoms with Crippen molar-refractivity contribution in [2.45, 2.75) is 26.1 Å². The SMILES string of the molecule is CC(C)(O)c1cnc(NC(=O)OCc2ccccc2)s1. The van der Waals surface area contributed by atoms with Crippen LogP contribution in [0.1, 0.15) is 24.3 Å². The standard InChI is InChI=1S/C14H16N2O3S/c1-14(2,18)11-8-15-12(20-11)16-13(17)19-9-10-6-4-3-5-7-10/h3-8,18H,9H2,1-2H3,(H,15,16,17). The molecule has 0 unspecified atom stereocenters. The number of aliphatic hydroxyl groups is 1. The van der Waals surface area contributed by atoms with E-state index in [1.807, 2.05) is 30.3 Å². The number of rotatable bonds is 4. The van der Waals surface area contributed by atoms with E-state index in [1.54, 1.807) is 13.8 Å². The molecule has 0 atom stereocenters. The highest BCUT2D eigenvalue weighted by molar-refractivity contribution is 7.15. The molecule has 0 aliphatic heterocycles. The van der Waals surface area contributed by atoms with Gasteiger partial charge in [0, 0.05) is 6.20 Å². The number of amides is 1. The fraction of sp³-hybridized carbons (Fsp3) is 0.286. The summed E-state index contributed by atoms with van der Waals surface area (Å²) >= 11 is 1.22. The fourth-order valence-corrected chi connectivity index (χ4v) is 2.26. The monoisotopic (exact) mass is 292 g/mol. The topological polar surface area (TPSA) is 71.5 Å². The number of aromatic nitrogens is 1. The molecule has 0 aliphatic rings. The highest BCUT2D eigenvalue weighted by Gasteiger charge is 2.20. The minimum absolute atomic E-state index is 0.205. The third kappa shape index (κ3) is 4.04. The Labute approximate surface area is 121 Å². The second-order valence-corrected chi connectivity index (χ2v) is 5.81. The number of thiazole rings is 1. The Morgan fingerprint density at radius 2 is 2.10 bits per heavy atom. The van der Waals surface area contributed by atoms with Crippen molar-refractivity contribution in [3.8, 4) is 0 Å². The van der Waals surface area contributed by atoms with Crippen LogP contribution in [0.25, 0.3) is 0 Å². The van der Waals surface area contributed by atoms with Crippen molar-refractivity contribution in [2.75, 3.05) is 5.32 Å². The molecule has 6 heteroatoms. The lowest BCUT2D eigenvalue weighted by Gasteiger charge is -2.13. The molecule has 0 radical (unpaired) electrons. The maximum Gasteiger partial charge on any atom is 0.413 e. The smallest absolute Gasteiger partial charge is 0.413 e. The Morgan fingerprint density at radius 3 is 2.70 bits per heavy atom. The molecule has 2 N–H and O–H groups in total. The predicted octanol–water partition coefficient (Wildman–Crippen LogP) is 3.12. The molecule has 0 fully saturated rings. The number of carbonyl (C=O) groups excluding carboxylic acids is 1. The van der Waals surface area contributed by atoms with Gasteiger partial charge in [-0.25, -0.2) is 9.78 Å². The largest absolute Gasteiger partial charge is 0.444 e. The first-order valence-electron chi connectivity index (χ1n) is 6.11. The molecule has 1 heterocycles. The van der Waals surface area contributed by atoms with Crippen molar-refractivity contribution in [1.82, 2.24) is 4.98 Å². The Balaban J connectivity index is 1.87. The van der Waals surface area contributed by atoms with Gasteiger partial charge in [0.2, 0.25) is 0 Å². The Bertz CT molecular complexity index is 576. The lowest BCUT2D eigenvalue weighted by molar-refractivity contribution is 0.0823. The van der Waals surface area contributed by atoms with Gasteiger partial charge in [0.25, 0.3) is 0 Å². The van der Waals surface area contributed by atoms with E-state index < -0.39 is 11.7 Å². The van der Waals surface area contributed by atoms with E-state index in [0.29, 0.717) is 10.0 Å². The van der Waals surface area contributed by atoms with Crippen LogP contribution in [0.2, 0.25) is 0 Å². The zero-order valence-corrected chi connectivity index (χ0v) is 12.1. The number of hydrogen-bond donors (Lipinski definition) is 2. The molecule has 1 amide bonds. The maximum atomic E-state index is 11.6. The van der Waals surface area contributed by atoms with Crippen LogP contribution in [0.4, 0.5) is 9.93 Å². The Kier molecular flexibility index (Phi) is 4.36. The first kappa shape index (κ1) is 14.5. The highest BCUT2D eigenvalue weighted by Crippen LogP contribution is 2.28. The first-order chi connectivity index (χ1) is 9.45. The predicted molar refractivity (Wildman–Crippen MR) is 77.6 cm³/mol. The summed E-state index contributed by atoms with van der Waals surface area (Å²) in [5.41, 5.74) is -0.0510. The van der Waals surface area contributed by atoms with E-state index in [9.17, 15) is 9.90 Å². The lowest BCUT2D eigenvalue weighted by atomic mass is 10.1. The average molecular weight is 292 g/mol. The van der Waals surface area contributed by atoms with Crippen LogP contribution in [-0.4, -0.2) is 16.2 Å². The average Bonchev–Trinajstić information content (AvgIpc) is 2.86. The summed E-state index contributed by atoms with van der Waals surface area (Å²) in [5.74, 6) is 0. The van der Waals surface area contributed by atoms with Crippen molar-refractivity contribution in [3.63, 3.8) is 0 Å². The molecule has 2 aromatic rings. The summed E-state index contributed by atoms with van der Waals surface area (Å²) < 4.78 is 5.08. The molecule has 20 heavy (non-hydrogen) atoms. The number of ether oxygens (including phenoxy) is 1. The van der Waals surface area contributed by atoms with E-state index >= 15 is 0 Å². The molecule has 2 rings (SSSR count). The molecular formula is C14H16N2O3S. The first-order valence-corrected chi connectivity index (χ1v) is 6.93. The molecule has 1 aromatic carbocycles. The van der Waals surface area contributed by atoms with Crippen LogP contribution >= 0.6 is 11.3 Å². The van der Waals surface area contributed by atoms with Crippen molar-refractivity contribution >= 4 is 22.6 Å². The fourth-order valence-electron chi connectivity index (χ4n) is 1.46. The summed E-state index contributed by atoms with van der Waals surface area (Å²) in [4.78, 5) is 16.3. The van der Waals surface area contributed by atoms with Gasteiger partial charge < -0.3 is 9.84 Å². The van der Waals surface area contributed by atoms with E-state index in [1.165, 1.54) is 17.5 Å². The lowest BCUT2D eigenvalue weighted by Crippen LogP contribution is -2.13. The van der Waals surface area contributed by atoms with Crippen LogP contribution in [0.15, 0.2) is 36.5 Å². The van der Waals surface area contributed by atoms with Crippen molar-refractivity contribution in [3.05, 3.63) is 47.0 Å². The number of nitrogens with one attached hydrogen (secondary N) is 1. The van der Waals surface area contributed by atoms with Crippen molar-refractivity contribution < 1.29 is 14.6 Å². The number of anilines is 1. The van der Waals surface area contributed by atoms with Crippen molar-refractivity contribution in [2.24, 2.45) is 0 Å². The van der Waals surface area contributed by atoms with Gasteiger partial charge >= 0.3 is 6.09 Å². The molecule has 0 saturated carbocycles. The van der Waals surface area contributed by atoms with Gasteiger partial charge in [0.05, 0.1) is 10.5 Å². The van der Waals surface area contributed by atoms with E-state index in [4.69, 9.17) is 4.74 Å². The van der Waals surface area contributed by atoms with Crippen LogP contribution in [0.5, 0.6) is 0 Å². The van der Waals surface area contributed by atoms with E-state index in [0.717, 1.165) is 5.56 Å². The molecule has 0 aliphatic carbocycles. The molecule has 0 spiro atoms. The van der Waals surface area contributed by atoms with Gasteiger partial charge in [-0.1, -0.05) is 41.7 Å². The van der Waals surface area contributed by atoms with Gasteiger partial charge in [0.1, 0.15) is 6.61 Å². The third-order valence-electron chi connectivity index (χ3n) is 2.53. The second-order valence-electron chi connectivity index (χ2n) is 4.78. The van der Waals surface area contributed by atoms with Crippen LogP contribution in [-0.2, 0) is 16.9 Å². The molecule has 0 saturated heterocycles. The minimum Gasteiger partial charge on any atom is -0.444 e. The van der Waals surface area contributed by atoms with Gasteiger partial charge in [-0.05, 0) is 19.4 Å². The van der Waals surface area contributed by atoms with E-state index in [2.05, 4.69) is 10.3 Å². The summed E-state index contributed by atoms with van der Waals surface area (Å²) in [6.07, 6.45) is 0.975. The minimum atomic E-state index is -0.967. The Hall–Kier alpha value is -1.92. The summed E-state index contributed by atoms with van der Waals surface area (Å²) in [7, 11) is 0. The second kappa shape index (κ2) is 6.02. The van der Waals surface area contributed by atoms with Gasteiger partial charge in [0.15, 0.2) is 5.13 Å². The third-order valence-corrected chi connectivity index (χ3v) is 3.76. The summed E-state index contributed by atoms with van der Waals surface area (Å²) in [6, 6.07) is 9.42. The normalized spacial score (nSPS) is 11.2. The summed E-state index contributed by atoms with van der Waals surface area (Å²) in [5, 5.41) is 12.8. The van der Waals surface area contributed by atoms with Gasteiger partial charge in [-0.15, -0.1) is 0 Å². The van der Waals surface area contributed by atoms with Gasteiger partial charge in [-0.3, -0.25) is 5.32 Å². The Morgan fingerprint density at radius 1 is 1.40 bits per heavy atom. The van der Waals surface area contributed by atoms with Gasteiger partial charge in [-0.2, -0.15) is 0 Å². The molecule has 1 aromatic heterocycles. The molecule has 5 nitrogen and oxygen atoms in total. The highest BCUT2D eigenvalue weighted by atomic mass is 32.1. The summed E-state index contributed by atoms with van der Waals surface area (Å²) in [6.45, 7) is 3.53. The zero-order chi connectivity index (χ0) is 14.6. The zero-order valence-electron chi connectivity index (χ0n) is 11.3. The van der Waals surface area contributed by atoms with Crippen LogP contribution in [0, 0.1) is 0 Å². The maximum absolute atomic E-state index is 11.6. The number of hydrogen-bond acceptors (Lipinski definition) is 5.